The standard InChI is InChI=1S/C21H32N4O/c1-2-22-21(24-19-8-4-5-9-19)23-16-17-10-12-18(13-11-17)20(26)25-14-6-3-7-15-25/h10-13,19H,2-9,14-16H2,1H3,(H2,22,23,24). The van der Waals surface area contributed by atoms with Gasteiger partial charge >= 0.3 is 0 Å². The van der Waals surface area contributed by atoms with Crippen molar-refractivity contribution >= 4 is 11.9 Å². The molecule has 0 aromatic heterocycles. The summed E-state index contributed by atoms with van der Waals surface area (Å²) in [5.41, 5.74) is 1.92. The first-order chi connectivity index (χ1) is 12.8. The second kappa shape index (κ2) is 9.60. The third kappa shape index (κ3) is 5.23. The molecule has 0 spiro atoms. The molecule has 5 nitrogen and oxygen atoms in total. The Morgan fingerprint density at radius 1 is 1.08 bits per heavy atom. The molecule has 0 radical (unpaired) electrons. The zero-order valence-electron chi connectivity index (χ0n) is 16.0. The Morgan fingerprint density at radius 2 is 1.77 bits per heavy atom. The van der Waals surface area contributed by atoms with Crippen LogP contribution in [0.15, 0.2) is 29.3 Å². The van der Waals surface area contributed by atoms with Crippen LogP contribution in [0.25, 0.3) is 0 Å². The Kier molecular flexibility index (Phi) is 6.92. The minimum atomic E-state index is 0.163. The molecular weight excluding hydrogens is 324 g/mol. The van der Waals surface area contributed by atoms with E-state index in [0.717, 1.165) is 49.6 Å². The Bertz CT molecular complexity index is 599. The number of benzene rings is 1. The van der Waals surface area contributed by atoms with Gasteiger partial charge in [-0.25, -0.2) is 4.99 Å². The Morgan fingerprint density at radius 3 is 2.42 bits per heavy atom. The van der Waals surface area contributed by atoms with Crippen LogP contribution in [0.5, 0.6) is 0 Å². The number of hydrogen-bond acceptors (Lipinski definition) is 2. The highest BCUT2D eigenvalue weighted by molar-refractivity contribution is 5.94. The summed E-state index contributed by atoms with van der Waals surface area (Å²) in [6.45, 7) is 5.36. The van der Waals surface area contributed by atoms with Crippen LogP contribution in [-0.2, 0) is 6.54 Å². The molecule has 2 N–H and O–H groups in total. The predicted octanol–water partition coefficient (Wildman–Crippen LogP) is 3.31. The molecule has 2 fully saturated rings. The lowest BCUT2D eigenvalue weighted by Gasteiger charge is -2.26. The Hall–Kier alpha value is -2.04. The number of nitrogens with one attached hydrogen (secondary N) is 2. The molecule has 0 atom stereocenters. The van der Waals surface area contributed by atoms with Crippen LogP contribution >= 0.6 is 0 Å². The molecule has 26 heavy (non-hydrogen) atoms. The van der Waals surface area contributed by atoms with Crippen LogP contribution in [0.4, 0.5) is 0 Å². The number of amides is 1. The Labute approximate surface area is 157 Å². The number of carbonyl (C=O) groups is 1. The van der Waals surface area contributed by atoms with Gasteiger partial charge in [0.2, 0.25) is 0 Å². The fourth-order valence-corrected chi connectivity index (χ4v) is 3.79. The van der Waals surface area contributed by atoms with E-state index in [4.69, 9.17) is 4.99 Å². The van der Waals surface area contributed by atoms with Gasteiger partial charge in [0, 0.05) is 31.2 Å². The van der Waals surface area contributed by atoms with Crippen molar-refractivity contribution in [3.63, 3.8) is 0 Å². The topological polar surface area (TPSA) is 56.7 Å². The first-order valence-corrected chi connectivity index (χ1v) is 10.2. The third-order valence-corrected chi connectivity index (χ3v) is 5.30. The first kappa shape index (κ1) is 18.7. The molecule has 1 aromatic rings. The molecule has 0 unspecified atom stereocenters. The lowest BCUT2D eigenvalue weighted by atomic mass is 10.1. The minimum absolute atomic E-state index is 0.163. The van der Waals surface area contributed by atoms with E-state index in [1.165, 1.54) is 32.1 Å². The average Bonchev–Trinajstić information content (AvgIpc) is 3.20. The van der Waals surface area contributed by atoms with Gasteiger partial charge in [-0.15, -0.1) is 0 Å². The quantitative estimate of drug-likeness (QED) is 0.629. The molecule has 1 aliphatic carbocycles. The van der Waals surface area contributed by atoms with Gasteiger partial charge in [-0.05, 0) is 56.7 Å². The molecule has 2 aliphatic rings. The smallest absolute Gasteiger partial charge is 0.253 e. The highest BCUT2D eigenvalue weighted by Gasteiger charge is 2.18. The van der Waals surface area contributed by atoms with Crippen molar-refractivity contribution in [3.05, 3.63) is 35.4 Å². The molecule has 1 saturated heterocycles. The molecule has 1 aromatic carbocycles. The normalized spacial score (nSPS) is 18.8. The number of aliphatic imine (C=N–C) groups is 1. The number of rotatable bonds is 5. The van der Waals surface area contributed by atoms with Gasteiger partial charge in [-0.1, -0.05) is 25.0 Å². The number of hydrogen-bond donors (Lipinski definition) is 2. The maximum Gasteiger partial charge on any atom is 0.253 e. The van der Waals surface area contributed by atoms with Gasteiger partial charge < -0.3 is 15.5 Å². The molecule has 5 heteroatoms. The van der Waals surface area contributed by atoms with Gasteiger partial charge in [-0.3, -0.25) is 4.79 Å². The summed E-state index contributed by atoms with van der Waals surface area (Å²) in [6.07, 6.45) is 8.58. The van der Waals surface area contributed by atoms with Crippen molar-refractivity contribution in [2.75, 3.05) is 19.6 Å². The van der Waals surface area contributed by atoms with Crippen LogP contribution in [0, 0.1) is 0 Å². The summed E-state index contributed by atoms with van der Waals surface area (Å²) >= 11 is 0. The van der Waals surface area contributed by atoms with E-state index in [1.807, 2.05) is 29.2 Å². The number of likely N-dealkylation sites (tertiary alicyclic amines) is 1. The number of nitrogens with zero attached hydrogens (tertiary/aromatic N) is 2. The van der Waals surface area contributed by atoms with Crippen molar-refractivity contribution in [2.45, 2.75) is 64.5 Å². The molecule has 3 rings (SSSR count). The SMILES string of the molecule is CCNC(=NCc1ccc(C(=O)N2CCCCC2)cc1)NC1CCCC1. The highest BCUT2D eigenvalue weighted by Crippen LogP contribution is 2.17. The molecule has 1 saturated carbocycles. The number of guanidine groups is 1. The van der Waals surface area contributed by atoms with Gasteiger partial charge in [0.25, 0.3) is 5.91 Å². The highest BCUT2D eigenvalue weighted by atomic mass is 16.2. The van der Waals surface area contributed by atoms with E-state index in [1.54, 1.807) is 0 Å². The molecule has 0 bridgehead atoms. The van der Waals surface area contributed by atoms with Crippen molar-refractivity contribution in [1.29, 1.82) is 0 Å². The Balaban J connectivity index is 1.57. The summed E-state index contributed by atoms with van der Waals surface area (Å²) in [5, 5.41) is 6.87. The summed E-state index contributed by atoms with van der Waals surface area (Å²) < 4.78 is 0. The molecule has 142 valence electrons. The average molecular weight is 357 g/mol. The van der Waals surface area contributed by atoms with E-state index in [9.17, 15) is 4.79 Å². The second-order valence-electron chi connectivity index (χ2n) is 7.37. The van der Waals surface area contributed by atoms with Crippen LogP contribution in [-0.4, -0.2) is 42.4 Å². The number of carbonyl (C=O) groups excluding carboxylic acids is 1. The van der Waals surface area contributed by atoms with Gasteiger partial charge in [0.05, 0.1) is 6.54 Å². The van der Waals surface area contributed by atoms with Gasteiger partial charge in [0.1, 0.15) is 0 Å². The molecular formula is C21H32N4O. The van der Waals surface area contributed by atoms with Crippen LogP contribution < -0.4 is 10.6 Å². The molecule has 1 aliphatic heterocycles. The van der Waals surface area contributed by atoms with Crippen molar-refractivity contribution < 1.29 is 4.79 Å². The maximum absolute atomic E-state index is 12.5. The summed E-state index contributed by atoms with van der Waals surface area (Å²) in [6, 6.07) is 8.50. The first-order valence-electron chi connectivity index (χ1n) is 10.2. The fourth-order valence-electron chi connectivity index (χ4n) is 3.79. The van der Waals surface area contributed by atoms with E-state index in [0.29, 0.717) is 12.6 Å². The largest absolute Gasteiger partial charge is 0.357 e. The predicted molar refractivity (Wildman–Crippen MR) is 106 cm³/mol. The zero-order valence-corrected chi connectivity index (χ0v) is 16.0. The molecule has 1 heterocycles. The summed E-state index contributed by atoms with van der Waals surface area (Å²) in [5.74, 6) is 1.06. The van der Waals surface area contributed by atoms with Gasteiger partial charge in [0.15, 0.2) is 5.96 Å². The second-order valence-corrected chi connectivity index (χ2v) is 7.37. The lowest BCUT2D eigenvalue weighted by Crippen LogP contribution is -2.42. The van der Waals surface area contributed by atoms with Gasteiger partial charge in [-0.2, -0.15) is 0 Å². The minimum Gasteiger partial charge on any atom is -0.357 e. The van der Waals surface area contributed by atoms with Crippen LogP contribution in [0.1, 0.15) is 67.8 Å². The van der Waals surface area contributed by atoms with Crippen molar-refractivity contribution in [3.8, 4) is 0 Å². The number of piperidine rings is 1. The third-order valence-electron chi connectivity index (χ3n) is 5.30. The van der Waals surface area contributed by atoms with Crippen LogP contribution in [0.2, 0.25) is 0 Å². The lowest BCUT2D eigenvalue weighted by molar-refractivity contribution is 0.0724. The van der Waals surface area contributed by atoms with Crippen molar-refractivity contribution in [1.82, 2.24) is 15.5 Å². The van der Waals surface area contributed by atoms with Crippen molar-refractivity contribution in [2.24, 2.45) is 4.99 Å². The summed E-state index contributed by atoms with van der Waals surface area (Å²) in [4.78, 5) is 19.2. The monoisotopic (exact) mass is 356 g/mol. The molecule has 1 amide bonds. The fraction of sp³-hybridized carbons (Fsp3) is 0.619. The van der Waals surface area contributed by atoms with E-state index >= 15 is 0 Å². The zero-order chi connectivity index (χ0) is 18.2. The van der Waals surface area contributed by atoms with E-state index in [-0.39, 0.29) is 5.91 Å². The summed E-state index contributed by atoms with van der Waals surface area (Å²) in [7, 11) is 0. The van der Waals surface area contributed by atoms with Crippen LogP contribution in [0.3, 0.4) is 0 Å². The van der Waals surface area contributed by atoms with E-state index < -0.39 is 0 Å². The van der Waals surface area contributed by atoms with E-state index in [2.05, 4.69) is 17.6 Å². The maximum atomic E-state index is 12.5.